The Morgan fingerprint density at radius 2 is 1.70 bits per heavy atom. The molecule has 0 radical (unpaired) electrons. The van der Waals surface area contributed by atoms with Crippen LogP contribution in [-0.4, -0.2) is 19.7 Å². The average molecular weight is 551 g/mol. The SMILES string of the molecule is CC(C)(I)c1cnc(-c2nn(-c3ccc(F)cc3)cc2Sc2ccc(Cl)cc2)cn1. The Balaban J connectivity index is 1.76. The van der Waals surface area contributed by atoms with Gasteiger partial charge in [0.05, 0.1) is 32.1 Å². The molecule has 4 aromatic rings. The summed E-state index contributed by atoms with van der Waals surface area (Å²) in [6.45, 7) is 4.17. The van der Waals surface area contributed by atoms with E-state index < -0.39 is 0 Å². The monoisotopic (exact) mass is 550 g/mol. The maximum atomic E-state index is 13.3. The molecule has 0 spiro atoms. The molecule has 30 heavy (non-hydrogen) atoms. The second kappa shape index (κ2) is 8.64. The Kier molecular flexibility index (Phi) is 6.13. The minimum Gasteiger partial charge on any atom is -0.256 e. The smallest absolute Gasteiger partial charge is 0.127 e. The number of hydrogen-bond acceptors (Lipinski definition) is 4. The summed E-state index contributed by atoms with van der Waals surface area (Å²) >= 11 is 9.92. The van der Waals surface area contributed by atoms with Gasteiger partial charge in [0.25, 0.3) is 0 Å². The van der Waals surface area contributed by atoms with Gasteiger partial charge >= 0.3 is 0 Å². The summed E-state index contributed by atoms with van der Waals surface area (Å²) in [4.78, 5) is 11.1. The highest BCUT2D eigenvalue weighted by molar-refractivity contribution is 14.1. The summed E-state index contributed by atoms with van der Waals surface area (Å²) < 4.78 is 15.0. The molecule has 0 atom stereocenters. The third-order valence-corrected chi connectivity index (χ3v) is 6.15. The Labute approximate surface area is 197 Å². The van der Waals surface area contributed by atoms with Gasteiger partial charge in [0.15, 0.2) is 0 Å². The van der Waals surface area contributed by atoms with Gasteiger partial charge < -0.3 is 0 Å². The first-order chi connectivity index (χ1) is 14.3. The zero-order chi connectivity index (χ0) is 21.3. The molecule has 0 aliphatic carbocycles. The van der Waals surface area contributed by atoms with Gasteiger partial charge in [-0.1, -0.05) is 46.0 Å². The Hall–Kier alpha value is -1.97. The lowest BCUT2D eigenvalue weighted by molar-refractivity contribution is 0.627. The van der Waals surface area contributed by atoms with Crippen molar-refractivity contribution in [2.75, 3.05) is 0 Å². The molecule has 4 nitrogen and oxygen atoms in total. The lowest BCUT2D eigenvalue weighted by Crippen LogP contribution is -2.09. The molecule has 0 bridgehead atoms. The van der Waals surface area contributed by atoms with E-state index in [1.54, 1.807) is 41.0 Å². The predicted molar refractivity (Wildman–Crippen MR) is 127 cm³/mol. The van der Waals surface area contributed by atoms with Gasteiger partial charge in [0.1, 0.15) is 17.2 Å². The second-order valence-electron chi connectivity index (χ2n) is 7.08. The molecule has 4 rings (SSSR count). The van der Waals surface area contributed by atoms with Crippen LogP contribution >= 0.6 is 46.0 Å². The van der Waals surface area contributed by atoms with Crippen LogP contribution in [0.5, 0.6) is 0 Å². The van der Waals surface area contributed by atoms with Crippen LogP contribution in [0.1, 0.15) is 19.5 Å². The van der Waals surface area contributed by atoms with Crippen molar-refractivity contribution in [2.24, 2.45) is 0 Å². The zero-order valence-electron chi connectivity index (χ0n) is 16.2. The molecule has 0 fully saturated rings. The maximum Gasteiger partial charge on any atom is 0.127 e. The van der Waals surface area contributed by atoms with Crippen molar-refractivity contribution in [3.05, 3.63) is 83.7 Å². The lowest BCUT2D eigenvalue weighted by Gasteiger charge is -2.14. The number of halogens is 3. The van der Waals surface area contributed by atoms with E-state index in [-0.39, 0.29) is 9.24 Å². The van der Waals surface area contributed by atoms with Crippen molar-refractivity contribution in [1.29, 1.82) is 0 Å². The molecular weight excluding hydrogens is 534 g/mol. The molecule has 0 N–H and O–H groups in total. The molecular formula is C22H17ClFIN4S. The summed E-state index contributed by atoms with van der Waals surface area (Å²) in [5.41, 5.74) is 3.05. The van der Waals surface area contributed by atoms with Crippen LogP contribution in [0.3, 0.4) is 0 Å². The van der Waals surface area contributed by atoms with E-state index in [2.05, 4.69) is 46.4 Å². The maximum absolute atomic E-state index is 13.3. The Morgan fingerprint density at radius 1 is 1.00 bits per heavy atom. The molecule has 2 aromatic heterocycles. The highest BCUT2D eigenvalue weighted by Crippen LogP contribution is 2.36. The number of aromatic nitrogens is 4. The van der Waals surface area contributed by atoms with E-state index >= 15 is 0 Å². The van der Waals surface area contributed by atoms with Crippen LogP contribution in [0.25, 0.3) is 17.1 Å². The summed E-state index contributed by atoms with van der Waals surface area (Å²) in [6, 6.07) is 13.8. The molecule has 2 heterocycles. The fourth-order valence-corrected chi connectivity index (χ4v) is 4.05. The van der Waals surface area contributed by atoms with Gasteiger partial charge in [0, 0.05) is 16.1 Å². The van der Waals surface area contributed by atoms with Crippen LogP contribution in [0.4, 0.5) is 4.39 Å². The van der Waals surface area contributed by atoms with Crippen molar-refractivity contribution >= 4 is 46.0 Å². The van der Waals surface area contributed by atoms with Gasteiger partial charge in [0.2, 0.25) is 0 Å². The van der Waals surface area contributed by atoms with Crippen molar-refractivity contribution < 1.29 is 4.39 Å². The minimum atomic E-state index is -0.287. The van der Waals surface area contributed by atoms with Crippen LogP contribution in [0.2, 0.25) is 5.02 Å². The quantitative estimate of drug-likeness (QED) is 0.199. The molecule has 0 saturated heterocycles. The minimum absolute atomic E-state index is 0.113. The fourth-order valence-electron chi connectivity index (χ4n) is 2.72. The summed E-state index contributed by atoms with van der Waals surface area (Å²) in [5, 5.41) is 5.41. The fraction of sp³-hybridized carbons (Fsp3) is 0.136. The Bertz CT molecular complexity index is 1150. The number of benzene rings is 2. The predicted octanol–water partition coefficient (Wildman–Crippen LogP) is 6.94. The van der Waals surface area contributed by atoms with Crippen LogP contribution in [-0.2, 0) is 3.42 Å². The van der Waals surface area contributed by atoms with E-state index in [1.165, 1.54) is 12.1 Å². The van der Waals surface area contributed by atoms with Crippen molar-refractivity contribution in [3.63, 3.8) is 0 Å². The first-order valence-corrected chi connectivity index (χ1v) is 11.4. The number of rotatable bonds is 5. The van der Waals surface area contributed by atoms with E-state index in [9.17, 15) is 4.39 Å². The van der Waals surface area contributed by atoms with Gasteiger partial charge in [-0.2, -0.15) is 5.10 Å². The number of alkyl halides is 1. The van der Waals surface area contributed by atoms with Gasteiger partial charge in [-0.3, -0.25) is 9.97 Å². The van der Waals surface area contributed by atoms with Crippen LogP contribution in [0.15, 0.2) is 76.9 Å². The molecule has 152 valence electrons. The normalized spacial score (nSPS) is 11.6. The lowest BCUT2D eigenvalue weighted by atomic mass is 10.1. The molecule has 8 heteroatoms. The molecule has 2 aromatic carbocycles. The van der Waals surface area contributed by atoms with E-state index in [4.69, 9.17) is 16.7 Å². The highest BCUT2D eigenvalue weighted by Gasteiger charge is 2.20. The first-order valence-electron chi connectivity index (χ1n) is 9.10. The highest BCUT2D eigenvalue weighted by atomic mass is 127. The summed E-state index contributed by atoms with van der Waals surface area (Å²) in [7, 11) is 0. The Morgan fingerprint density at radius 3 is 2.30 bits per heavy atom. The molecule has 0 amide bonds. The largest absolute Gasteiger partial charge is 0.256 e. The number of hydrogen-bond donors (Lipinski definition) is 0. The van der Waals surface area contributed by atoms with Crippen molar-refractivity contribution in [3.8, 4) is 17.1 Å². The molecule has 0 unspecified atom stereocenters. The molecule has 0 aliphatic rings. The second-order valence-corrected chi connectivity index (χ2v) is 11.3. The summed E-state index contributed by atoms with van der Waals surface area (Å²) in [6.07, 6.45) is 5.45. The van der Waals surface area contributed by atoms with Crippen molar-refractivity contribution in [1.82, 2.24) is 19.7 Å². The van der Waals surface area contributed by atoms with Gasteiger partial charge in [-0.25, -0.2) is 9.07 Å². The van der Waals surface area contributed by atoms with Crippen LogP contribution < -0.4 is 0 Å². The summed E-state index contributed by atoms with van der Waals surface area (Å²) in [5.74, 6) is -0.287. The third-order valence-electron chi connectivity index (χ3n) is 4.32. The third kappa shape index (κ3) is 4.84. The zero-order valence-corrected chi connectivity index (χ0v) is 19.9. The number of nitrogens with zero attached hydrogens (tertiary/aromatic N) is 4. The van der Waals surface area contributed by atoms with Crippen LogP contribution in [0, 0.1) is 5.82 Å². The van der Waals surface area contributed by atoms with E-state index in [0.29, 0.717) is 16.4 Å². The van der Waals surface area contributed by atoms with E-state index in [0.717, 1.165) is 21.2 Å². The van der Waals surface area contributed by atoms with Gasteiger partial charge in [-0.15, -0.1) is 0 Å². The van der Waals surface area contributed by atoms with E-state index in [1.807, 2.05) is 30.5 Å². The molecule has 0 saturated carbocycles. The molecule has 0 aliphatic heterocycles. The first kappa shape index (κ1) is 21.3. The topological polar surface area (TPSA) is 43.6 Å². The standard InChI is InChI=1S/C22H17ClFIN4S/c1-22(2,25)20-12-26-18(11-27-20)21-19(30-17-9-3-14(23)4-10-17)13-29(28-21)16-7-5-15(24)6-8-16/h3-13H,1-2H3. The average Bonchev–Trinajstić information content (AvgIpc) is 3.13. The van der Waals surface area contributed by atoms with Crippen molar-refractivity contribution in [2.45, 2.75) is 27.1 Å². The van der Waals surface area contributed by atoms with Gasteiger partial charge in [-0.05, 0) is 62.4 Å².